The van der Waals surface area contributed by atoms with E-state index in [1.165, 1.54) is 7.11 Å². The molecular weight excluding hydrogens is 382 g/mol. The topological polar surface area (TPSA) is 79.9 Å². The molecule has 0 fully saturated rings. The van der Waals surface area contributed by atoms with Crippen LogP contribution < -0.4 is 25.2 Å². The second-order valence-electron chi connectivity index (χ2n) is 7.25. The number of nitrogens with zero attached hydrogens (tertiary/aromatic N) is 1. The molecule has 0 unspecified atom stereocenters. The number of carbonyl (C=O) groups excluding carboxylic acids is 2. The van der Waals surface area contributed by atoms with Gasteiger partial charge in [0.1, 0.15) is 0 Å². The predicted octanol–water partition coefficient (Wildman–Crippen LogP) is 3.41. The maximum absolute atomic E-state index is 12.4. The second-order valence-corrected chi connectivity index (χ2v) is 7.25. The van der Waals surface area contributed by atoms with Crippen molar-refractivity contribution in [3.05, 3.63) is 54.1 Å². The van der Waals surface area contributed by atoms with Gasteiger partial charge in [-0.15, -0.1) is 0 Å². The number of para-hydroxylation sites is 1. The lowest BCUT2D eigenvalue weighted by Crippen LogP contribution is -2.46. The van der Waals surface area contributed by atoms with Crippen molar-refractivity contribution in [2.24, 2.45) is 5.92 Å². The van der Waals surface area contributed by atoms with Gasteiger partial charge in [0.2, 0.25) is 0 Å². The highest BCUT2D eigenvalue weighted by Crippen LogP contribution is 2.28. The van der Waals surface area contributed by atoms with Gasteiger partial charge in [0.25, 0.3) is 11.8 Å². The number of hydrogen-bond acceptors (Lipinski definition) is 5. The van der Waals surface area contributed by atoms with Crippen molar-refractivity contribution >= 4 is 17.5 Å². The molecule has 30 heavy (non-hydrogen) atoms. The molecule has 2 rings (SSSR count). The van der Waals surface area contributed by atoms with E-state index in [4.69, 9.17) is 9.47 Å². The molecule has 7 nitrogen and oxygen atoms in total. The first-order chi connectivity index (χ1) is 14.4. The van der Waals surface area contributed by atoms with Crippen LogP contribution in [0.3, 0.4) is 0 Å². The highest BCUT2D eigenvalue weighted by molar-refractivity contribution is 5.96. The monoisotopic (exact) mass is 413 g/mol. The number of amides is 2. The Balaban J connectivity index is 1.91. The lowest BCUT2D eigenvalue weighted by atomic mass is 10.1. The van der Waals surface area contributed by atoms with Crippen LogP contribution in [0.15, 0.2) is 48.5 Å². The van der Waals surface area contributed by atoms with Gasteiger partial charge >= 0.3 is 0 Å². The van der Waals surface area contributed by atoms with Crippen LogP contribution in [0.1, 0.15) is 37.6 Å². The van der Waals surface area contributed by atoms with Crippen molar-refractivity contribution in [2.75, 3.05) is 31.7 Å². The van der Waals surface area contributed by atoms with Crippen LogP contribution in [0.5, 0.6) is 11.5 Å². The Bertz CT molecular complexity index is 824. The Morgan fingerprint density at radius 2 is 1.77 bits per heavy atom. The van der Waals surface area contributed by atoms with Crippen LogP contribution in [0.25, 0.3) is 0 Å². The van der Waals surface area contributed by atoms with E-state index < -0.39 is 5.91 Å². The van der Waals surface area contributed by atoms with E-state index >= 15 is 0 Å². The zero-order valence-corrected chi connectivity index (χ0v) is 18.1. The maximum Gasteiger partial charge on any atom is 0.269 e. The minimum Gasteiger partial charge on any atom is -0.493 e. The average Bonchev–Trinajstić information content (AvgIpc) is 2.76. The molecule has 7 heteroatoms. The molecule has 0 radical (unpaired) electrons. The predicted molar refractivity (Wildman–Crippen MR) is 118 cm³/mol. The zero-order chi connectivity index (χ0) is 21.9. The van der Waals surface area contributed by atoms with Gasteiger partial charge in [0.05, 0.1) is 20.3 Å². The molecule has 0 heterocycles. The first kappa shape index (κ1) is 23.1. The third kappa shape index (κ3) is 6.99. The fourth-order valence-electron chi connectivity index (χ4n) is 2.77. The van der Waals surface area contributed by atoms with E-state index in [1.807, 2.05) is 42.2 Å². The first-order valence-corrected chi connectivity index (χ1v) is 10.1. The normalized spacial score (nSPS) is 10.4. The van der Waals surface area contributed by atoms with E-state index in [1.54, 1.807) is 18.2 Å². The summed E-state index contributed by atoms with van der Waals surface area (Å²) in [4.78, 5) is 26.6. The van der Waals surface area contributed by atoms with E-state index in [-0.39, 0.29) is 12.5 Å². The first-order valence-electron chi connectivity index (χ1n) is 10.1. The molecule has 0 aliphatic rings. The molecular formula is C23H31N3O4. The number of hydrazine groups is 1. The van der Waals surface area contributed by atoms with Crippen molar-refractivity contribution < 1.29 is 19.1 Å². The number of rotatable bonds is 10. The highest BCUT2D eigenvalue weighted by atomic mass is 16.5. The molecule has 0 atom stereocenters. The zero-order valence-electron chi connectivity index (χ0n) is 18.1. The van der Waals surface area contributed by atoms with Crippen molar-refractivity contribution in [1.82, 2.24) is 10.9 Å². The lowest BCUT2D eigenvalue weighted by Gasteiger charge is -2.22. The van der Waals surface area contributed by atoms with E-state index in [2.05, 4.69) is 24.7 Å². The van der Waals surface area contributed by atoms with E-state index in [0.29, 0.717) is 36.1 Å². The molecule has 0 spiro atoms. The summed E-state index contributed by atoms with van der Waals surface area (Å²) in [5.74, 6) is 0.849. The van der Waals surface area contributed by atoms with Crippen LogP contribution in [0.2, 0.25) is 0 Å². The summed E-state index contributed by atoms with van der Waals surface area (Å²) in [7, 11) is 1.52. The van der Waals surface area contributed by atoms with Crippen molar-refractivity contribution in [2.45, 2.75) is 27.2 Å². The molecule has 2 aromatic carbocycles. The lowest BCUT2D eigenvalue weighted by molar-refractivity contribution is -0.120. The molecule has 0 bridgehead atoms. The van der Waals surface area contributed by atoms with Gasteiger partial charge in [-0.25, -0.2) is 0 Å². The number of carbonyl (C=O) groups is 2. The molecule has 0 saturated carbocycles. The number of likely N-dealkylation sites (N-methyl/N-ethyl adjacent to an activating group) is 1. The Morgan fingerprint density at radius 1 is 1.03 bits per heavy atom. The fraction of sp³-hybridized carbons (Fsp3) is 0.391. The van der Waals surface area contributed by atoms with Gasteiger partial charge in [-0.2, -0.15) is 0 Å². The Hall–Kier alpha value is -3.22. The SMILES string of the molecule is CCN(CC(=O)NNC(=O)c1ccc(OCCC(C)C)c(OC)c1)c1ccccc1. The fourth-order valence-corrected chi connectivity index (χ4v) is 2.77. The van der Waals surface area contributed by atoms with Crippen molar-refractivity contribution in [1.29, 1.82) is 0 Å². The third-order valence-corrected chi connectivity index (χ3v) is 4.53. The summed E-state index contributed by atoms with van der Waals surface area (Å²) in [5, 5.41) is 0. The third-order valence-electron chi connectivity index (χ3n) is 4.53. The van der Waals surface area contributed by atoms with Crippen LogP contribution in [0.4, 0.5) is 5.69 Å². The maximum atomic E-state index is 12.4. The molecule has 0 saturated heterocycles. The van der Waals surface area contributed by atoms with Gasteiger partial charge in [0, 0.05) is 17.8 Å². The number of nitrogens with one attached hydrogen (secondary N) is 2. The minimum atomic E-state index is -0.432. The number of hydrogen-bond donors (Lipinski definition) is 2. The average molecular weight is 414 g/mol. The van der Waals surface area contributed by atoms with Crippen molar-refractivity contribution in [3.8, 4) is 11.5 Å². The number of anilines is 1. The Labute approximate surface area is 178 Å². The van der Waals surface area contributed by atoms with Crippen LogP contribution in [-0.2, 0) is 4.79 Å². The summed E-state index contributed by atoms with van der Waals surface area (Å²) in [5.41, 5.74) is 6.21. The van der Waals surface area contributed by atoms with Crippen LogP contribution in [0, 0.1) is 5.92 Å². The summed E-state index contributed by atoms with van der Waals surface area (Å²) >= 11 is 0. The standard InChI is InChI=1S/C23H31N3O4/c1-5-26(19-9-7-6-8-10-19)16-22(27)24-25-23(28)18-11-12-20(21(15-18)29-4)30-14-13-17(2)3/h6-12,15,17H,5,13-14,16H2,1-4H3,(H,24,27)(H,25,28). The van der Waals surface area contributed by atoms with Gasteiger partial charge < -0.3 is 14.4 Å². The minimum absolute atomic E-state index is 0.132. The summed E-state index contributed by atoms with van der Waals surface area (Å²) < 4.78 is 11.1. The molecule has 2 amide bonds. The summed E-state index contributed by atoms with van der Waals surface area (Å²) in [6, 6.07) is 14.6. The molecule has 2 aromatic rings. The van der Waals surface area contributed by atoms with Gasteiger partial charge in [-0.3, -0.25) is 20.4 Å². The molecule has 162 valence electrons. The Kier molecular flexibility index (Phi) is 9.00. The van der Waals surface area contributed by atoms with Crippen molar-refractivity contribution in [3.63, 3.8) is 0 Å². The molecule has 0 aliphatic carbocycles. The molecule has 0 aromatic heterocycles. The second kappa shape index (κ2) is 11.7. The number of ether oxygens (including phenoxy) is 2. The van der Waals surface area contributed by atoms with E-state index in [9.17, 15) is 9.59 Å². The summed E-state index contributed by atoms with van der Waals surface area (Å²) in [6.45, 7) is 7.60. The van der Waals surface area contributed by atoms with Gasteiger partial charge in [0.15, 0.2) is 11.5 Å². The number of benzene rings is 2. The van der Waals surface area contributed by atoms with Gasteiger partial charge in [-0.05, 0) is 49.6 Å². The summed E-state index contributed by atoms with van der Waals surface area (Å²) in [6.07, 6.45) is 0.926. The number of methoxy groups -OCH3 is 1. The quantitative estimate of drug-likeness (QED) is 0.584. The largest absolute Gasteiger partial charge is 0.493 e. The van der Waals surface area contributed by atoms with Crippen LogP contribution >= 0.6 is 0 Å². The van der Waals surface area contributed by atoms with Gasteiger partial charge in [-0.1, -0.05) is 32.0 Å². The van der Waals surface area contributed by atoms with E-state index in [0.717, 1.165) is 12.1 Å². The highest BCUT2D eigenvalue weighted by Gasteiger charge is 2.14. The molecule has 2 N–H and O–H groups in total. The smallest absolute Gasteiger partial charge is 0.269 e. The molecule has 0 aliphatic heterocycles. The van der Waals surface area contributed by atoms with Crippen LogP contribution in [-0.4, -0.2) is 38.6 Å². The Morgan fingerprint density at radius 3 is 2.40 bits per heavy atom.